The molecule has 20 heavy (non-hydrogen) atoms. The minimum atomic E-state index is -1.17. The lowest BCUT2D eigenvalue weighted by Gasteiger charge is -2.32. The zero-order chi connectivity index (χ0) is 14.7. The van der Waals surface area contributed by atoms with E-state index < -0.39 is 35.6 Å². The molecule has 2 rings (SSSR count). The van der Waals surface area contributed by atoms with Gasteiger partial charge in [0.15, 0.2) is 6.04 Å². The second-order valence-corrected chi connectivity index (χ2v) is 4.25. The number of aromatic amines is 1. The molecule has 9 nitrogen and oxygen atoms in total. The number of hydrogen-bond donors (Lipinski definition) is 2. The number of morpholine rings is 1. The van der Waals surface area contributed by atoms with Gasteiger partial charge in [0.25, 0.3) is 11.1 Å². The number of carboxylic acids is 1. The molecule has 0 spiro atoms. The van der Waals surface area contributed by atoms with Crippen molar-refractivity contribution in [3.63, 3.8) is 0 Å². The third-order valence-corrected chi connectivity index (χ3v) is 2.92. The quantitative estimate of drug-likeness (QED) is 0.652. The third kappa shape index (κ3) is 2.94. The van der Waals surface area contributed by atoms with Crippen molar-refractivity contribution in [2.24, 2.45) is 0 Å². The summed E-state index contributed by atoms with van der Waals surface area (Å²) in [5.41, 5.74) is -1.06. The normalized spacial score (nSPS) is 18.8. The van der Waals surface area contributed by atoms with Crippen LogP contribution in [0.5, 0.6) is 0 Å². The topological polar surface area (TPSA) is 122 Å². The van der Waals surface area contributed by atoms with Crippen molar-refractivity contribution < 1.29 is 19.4 Å². The number of carboxylic acid groups (broad SMARTS) is 1. The minimum absolute atomic E-state index is 0.0960. The molecule has 1 aromatic rings. The highest BCUT2D eigenvalue weighted by Crippen LogP contribution is 2.08. The van der Waals surface area contributed by atoms with Crippen LogP contribution in [0, 0.1) is 0 Å². The van der Waals surface area contributed by atoms with Gasteiger partial charge in [0.2, 0.25) is 5.91 Å². The summed E-state index contributed by atoms with van der Waals surface area (Å²) in [6.45, 7) is -0.155. The summed E-state index contributed by atoms with van der Waals surface area (Å²) >= 11 is 0. The zero-order valence-corrected chi connectivity index (χ0v) is 10.4. The van der Waals surface area contributed by atoms with Gasteiger partial charge in [-0.2, -0.15) is 0 Å². The van der Waals surface area contributed by atoms with Gasteiger partial charge >= 0.3 is 5.97 Å². The van der Waals surface area contributed by atoms with Crippen molar-refractivity contribution in [2.45, 2.75) is 12.6 Å². The van der Waals surface area contributed by atoms with Crippen LogP contribution in [0.2, 0.25) is 0 Å². The molecular weight excluding hydrogens is 270 g/mol. The molecule has 1 aliphatic rings. The molecule has 1 aromatic heterocycles. The van der Waals surface area contributed by atoms with Gasteiger partial charge in [0.05, 0.1) is 13.2 Å². The van der Waals surface area contributed by atoms with E-state index in [-0.39, 0.29) is 19.8 Å². The molecule has 0 radical (unpaired) electrons. The van der Waals surface area contributed by atoms with Crippen molar-refractivity contribution in [1.29, 1.82) is 0 Å². The number of hydrogen-bond acceptors (Lipinski definition) is 5. The Morgan fingerprint density at radius 3 is 2.85 bits per heavy atom. The maximum atomic E-state index is 12.1. The molecule has 1 aliphatic heterocycles. The Bertz CT molecular complexity index is 634. The summed E-state index contributed by atoms with van der Waals surface area (Å²) in [6, 6.07) is 1.01. The maximum absolute atomic E-state index is 12.1. The summed E-state index contributed by atoms with van der Waals surface area (Å²) < 4.78 is 5.86. The Morgan fingerprint density at radius 1 is 1.40 bits per heavy atom. The number of carbonyl (C=O) groups is 2. The van der Waals surface area contributed by atoms with Gasteiger partial charge < -0.3 is 14.7 Å². The first kappa shape index (κ1) is 14.0. The number of aliphatic carboxylic acids is 1. The minimum Gasteiger partial charge on any atom is -0.480 e. The van der Waals surface area contributed by atoms with Gasteiger partial charge in [-0.3, -0.25) is 19.5 Å². The molecule has 0 aromatic carbocycles. The Labute approximate surface area is 112 Å². The SMILES string of the molecule is O=C(O)C1COCCN1C(=O)Cn1[nH]c(=O)ccc1=O. The molecule has 0 bridgehead atoms. The fourth-order valence-corrected chi connectivity index (χ4v) is 1.91. The summed E-state index contributed by atoms with van der Waals surface area (Å²) in [5, 5.41) is 11.2. The number of carbonyl (C=O) groups excluding carboxylic acids is 1. The lowest BCUT2D eigenvalue weighted by Crippen LogP contribution is -2.54. The maximum Gasteiger partial charge on any atom is 0.328 e. The summed E-state index contributed by atoms with van der Waals surface area (Å²) in [7, 11) is 0. The first-order valence-electron chi connectivity index (χ1n) is 5.89. The smallest absolute Gasteiger partial charge is 0.328 e. The number of ether oxygens (including phenoxy) is 1. The van der Waals surface area contributed by atoms with Crippen LogP contribution in [0.3, 0.4) is 0 Å². The van der Waals surface area contributed by atoms with Crippen LogP contribution >= 0.6 is 0 Å². The predicted molar refractivity (Wildman–Crippen MR) is 65.3 cm³/mol. The van der Waals surface area contributed by atoms with Crippen LogP contribution in [-0.2, 0) is 20.9 Å². The summed E-state index contributed by atoms with van der Waals surface area (Å²) in [6.07, 6.45) is 0. The molecule has 1 unspecified atom stereocenters. The number of aromatic nitrogens is 2. The number of rotatable bonds is 3. The molecule has 2 heterocycles. The number of nitrogens with zero attached hydrogens (tertiary/aromatic N) is 2. The van der Waals surface area contributed by atoms with Crippen molar-refractivity contribution in [3.05, 3.63) is 32.8 Å². The van der Waals surface area contributed by atoms with Crippen LogP contribution in [0.25, 0.3) is 0 Å². The molecule has 1 saturated heterocycles. The standard InChI is InChI=1S/C11H13N3O6/c15-8-1-2-9(16)14(12-8)5-10(17)13-3-4-20-6-7(13)11(18)19/h1-2,7H,3-6H2,(H,12,15)(H,18,19). The van der Waals surface area contributed by atoms with Gasteiger partial charge in [-0.15, -0.1) is 0 Å². The van der Waals surface area contributed by atoms with Crippen LogP contribution < -0.4 is 11.1 Å². The molecule has 2 N–H and O–H groups in total. The fraction of sp³-hybridized carbons (Fsp3) is 0.455. The van der Waals surface area contributed by atoms with Gasteiger partial charge in [-0.05, 0) is 0 Å². The second-order valence-electron chi connectivity index (χ2n) is 4.25. The molecule has 9 heteroatoms. The van der Waals surface area contributed by atoms with E-state index >= 15 is 0 Å². The van der Waals surface area contributed by atoms with Gasteiger partial charge in [-0.1, -0.05) is 0 Å². The van der Waals surface area contributed by atoms with Crippen LogP contribution in [0.4, 0.5) is 0 Å². The summed E-state index contributed by atoms with van der Waals surface area (Å²) in [5.74, 6) is -1.74. The third-order valence-electron chi connectivity index (χ3n) is 2.92. The first-order chi connectivity index (χ1) is 9.49. The highest BCUT2D eigenvalue weighted by Gasteiger charge is 2.32. The van der Waals surface area contributed by atoms with E-state index in [2.05, 4.69) is 5.10 Å². The number of amides is 1. The van der Waals surface area contributed by atoms with E-state index in [1.165, 1.54) is 0 Å². The molecular formula is C11H13N3O6. The predicted octanol–water partition coefficient (Wildman–Crippen LogP) is -2.15. The average Bonchev–Trinajstić information content (AvgIpc) is 2.42. The highest BCUT2D eigenvalue weighted by molar-refractivity contribution is 5.83. The molecule has 0 aliphatic carbocycles. The van der Waals surface area contributed by atoms with E-state index in [4.69, 9.17) is 9.84 Å². The Hall–Kier alpha value is -2.42. The van der Waals surface area contributed by atoms with E-state index in [1.54, 1.807) is 0 Å². The zero-order valence-electron chi connectivity index (χ0n) is 10.4. The monoisotopic (exact) mass is 283 g/mol. The molecule has 108 valence electrons. The second kappa shape index (κ2) is 5.70. The highest BCUT2D eigenvalue weighted by atomic mass is 16.5. The molecule has 1 amide bonds. The number of nitrogens with one attached hydrogen (secondary N) is 1. The van der Waals surface area contributed by atoms with Crippen LogP contribution in [0.15, 0.2) is 21.7 Å². The van der Waals surface area contributed by atoms with Crippen molar-refractivity contribution >= 4 is 11.9 Å². The Morgan fingerprint density at radius 2 is 2.15 bits per heavy atom. The van der Waals surface area contributed by atoms with Gasteiger partial charge in [0.1, 0.15) is 6.54 Å². The van der Waals surface area contributed by atoms with Crippen molar-refractivity contribution in [2.75, 3.05) is 19.8 Å². The largest absolute Gasteiger partial charge is 0.480 e. The number of H-pyrrole nitrogens is 1. The van der Waals surface area contributed by atoms with E-state index in [0.29, 0.717) is 0 Å². The summed E-state index contributed by atoms with van der Waals surface area (Å²) in [4.78, 5) is 46.8. The van der Waals surface area contributed by atoms with E-state index in [9.17, 15) is 19.2 Å². The van der Waals surface area contributed by atoms with Gasteiger partial charge in [0, 0.05) is 18.7 Å². The Kier molecular flexibility index (Phi) is 3.99. The van der Waals surface area contributed by atoms with E-state index in [1.807, 2.05) is 0 Å². The van der Waals surface area contributed by atoms with Crippen molar-refractivity contribution in [1.82, 2.24) is 14.7 Å². The molecule has 0 saturated carbocycles. The van der Waals surface area contributed by atoms with Crippen LogP contribution in [0.1, 0.15) is 0 Å². The van der Waals surface area contributed by atoms with E-state index in [0.717, 1.165) is 21.7 Å². The van der Waals surface area contributed by atoms with Crippen molar-refractivity contribution in [3.8, 4) is 0 Å². The first-order valence-corrected chi connectivity index (χ1v) is 5.89. The Balaban J connectivity index is 2.18. The fourth-order valence-electron chi connectivity index (χ4n) is 1.91. The molecule has 1 atom stereocenters. The molecule has 1 fully saturated rings. The van der Waals surface area contributed by atoms with Crippen LogP contribution in [-0.4, -0.2) is 57.5 Å². The lowest BCUT2D eigenvalue weighted by atomic mass is 10.2. The average molecular weight is 283 g/mol. The van der Waals surface area contributed by atoms with Gasteiger partial charge in [-0.25, -0.2) is 9.48 Å². The lowest BCUT2D eigenvalue weighted by molar-refractivity contribution is -0.158.